The van der Waals surface area contributed by atoms with Crippen LogP contribution in [0.25, 0.3) is 5.57 Å². The van der Waals surface area contributed by atoms with Crippen LogP contribution in [0, 0.1) is 28.7 Å². The molecule has 2 rings (SSSR count). The molecule has 1 aliphatic carbocycles. The summed E-state index contributed by atoms with van der Waals surface area (Å²) in [4.78, 5) is 0. The van der Waals surface area contributed by atoms with Crippen molar-refractivity contribution in [3.8, 4) is 12.1 Å². The number of hydrogen-bond acceptors (Lipinski definition) is 3. The van der Waals surface area contributed by atoms with E-state index in [1.165, 1.54) is 12.8 Å². The molecule has 1 saturated carbocycles. The van der Waals surface area contributed by atoms with Crippen LogP contribution in [0.4, 0.5) is 0 Å². The fourth-order valence-electron chi connectivity index (χ4n) is 2.54. The molecular formula is C15H14N3. The molecule has 1 fully saturated rings. The van der Waals surface area contributed by atoms with Crippen molar-refractivity contribution in [3.05, 3.63) is 41.1 Å². The van der Waals surface area contributed by atoms with Gasteiger partial charge in [-0.25, -0.2) is 0 Å². The van der Waals surface area contributed by atoms with Gasteiger partial charge in [0.2, 0.25) is 0 Å². The van der Waals surface area contributed by atoms with Crippen LogP contribution in [0.3, 0.4) is 0 Å². The van der Waals surface area contributed by atoms with Gasteiger partial charge in [-0.05, 0) is 36.0 Å². The zero-order chi connectivity index (χ0) is 13.0. The molecule has 0 bridgehead atoms. The maximum Gasteiger partial charge on any atom is 0.129 e. The van der Waals surface area contributed by atoms with Crippen molar-refractivity contribution in [2.75, 3.05) is 0 Å². The van der Waals surface area contributed by atoms with Crippen molar-refractivity contribution < 1.29 is 0 Å². The number of hydrogen-bond donors (Lipinski definition) is 1. The molecule has 2 N–H and O–H groups in total. The number of nitrogens with two attached hydrogens (primary N) is 1. The van der Waals surface area contributed by atoms with Crippen LogP contribution >= 0.6 is 0 Å². The van der Waals surface area contributed by atoms with Gasteiger partial charge in [0.15, 0.2) is 0 Å². The lowest BCUT2D eigenvalue weighted by molar-refractivity contribution is 0.720. The molecule has 0 amide bonds. The number of benzene rings is 1. The van der Waals surface area contributed by atoms with E-state index in [1.54, 1.807) is 0 Å². The zero-order valence-electron chi connectivity index (χ0n) is 10.1. The summed E-state index contributed by atoms with van der Waals surface area (Å²) in [6.07, 6.45) is 4.68. The summed E-state index contributed by atoms with van der Waals surface area (Å²) in [6, 6.07) is 12.7. The Morgan fingerprint density at radius 1 is 1.28 bits per heavy atom. The Balaban J connectivity index is 2.52. The predicted octanol–water partition coefficient (Wildman–Crippen LogP) is 2.86. The molecule has 3 heteroatoms. The third kappa shape index (κ3) is 2.21. The Hall–Kier alpha value is -2.26. The van der Waals surface area contributed by atoms with Crippen LogP contribution in [0.5, 0.6) is 0 Å². The van der Waals surface area contributed by atoms with Crippen LogP contribution in [-0.4, -0.2) is 0 Å². The van der Waals surface area contributed by atoms with Gasteiger partial charge in [-0.15, -0.1) is 0 Å². The molecular weight excluding hydrogens is 222 g/mol. The second-order valence-electron chi connectivity index (χ2n) is 4.49. The molecule has 3 nitrogen and oxygen atoms in total. The number of nitrogens with zero attached hydrogens (tertiary/aromatic N) is 2. The second kappa shape index (κ2) is 5.38. The van der Waals surface area contributed by atoms with Crippen molar-refractivity contribution in [2.24, 2.45) is 5.73 Å². The molecule has 0 unspecified atom stereocenters. The lowest BCUT2D eigenvalue weighted by Crippen LogP contribution is -2.03. The zero-order valence-corrected chi connectivity index (χ0v) is 10.1. The van der Waals surface area contributed by atoms with E-state index in [2.05, 4.69) is 6.07 Å². The quantitative estimate of drug-likeness (QED) is 0.802. The van der Waals surface area contributed by atoms with Crippen LogP contribution in [-0.2, 0) is 0 Å². The minimum absolute atomic E-state index is 0.0173. The first-order chi connectivity index (χ1) is 8.77. The Morgan fingerprint density at radius 2 is 2.00 bits per heavy atom. The normalized spacial score (nSPS) is 16.8. The van der Waals surface area contributed by atoms with E-state index in [1.807, 2.05) is 30.3 Å². The lowest BCUT2D eigenvalue weighted by atomic mass is 9.89. The molecule has 1 aromatic carbocycles. The van der Waals surface area contributed by atoms with Gasteiger partial charge in [0.25, 0.3) is 0 Å². The number of nitriles is 2. The highest BCUT2D eigenvalue weighted by Crippen LogP contribution is 2.37. The third-order valence-corrected chi connectivity index (χ3v) is 3.42. The summed E-state index contributed by atoms with van der Waals surface area (Å²) < 4.78 is 0. The molecule has 18 heavy (non-hydrogen) atoms. The van der Waals surface area contributed by atoms with Crippen LogP contribution < -0.4 is 5.73 Å². The highest BCUT2D eigenvalue weighted by molar-refractivity contribution is 5.82. The van der Waals surface area contributed by atoms with Crippen molar-refractivity contribution in [1.82, 2.24) is 0 Å². The summed E-state index contributed by atoms with van der Waals surface area (Å²) in [5.41, 5.74) is 7.67. The van der Waals surface area contributed by atoms with E-state index in [-0.39, 0.29) is 11.3 Å². The van der Waals surface area contributed by atoms with Crippen molar-refractivity contribution in [2.45, 2.75) is 31.6 Å². The summed E-state index contributed by atoms with van der Waals surface area (Å²) in [7, 11) is 0. The summed E-state index contributed by atoms with van der Waals surface area (Å²) >= 11 is 0. The maximum atomic E-state index is 9.20. The fourth-order valence-corrected chi connectivity index (χ4v) is 2.54. The van der Waals surface area contributed by atoms with E-state index in [9.17, 15) is 5.26 Å². The van der Waals surface area contributed by atoms with Gasteiger partial charge in [-0.3, -0.25) is 0 Å². The van der Waals surface area contributed by atoms with Crippen molar-refractivity contribution in [1.29, 1.82) is 10.5 Å². The molecule has 0 heterocycles. The molecule has 0 spiro atoms. The number of rotatable bonds is 2. The Bertz CT molecular complexity index is 552. The fraction of sp³-hybridized carbons (Fsp3) is 0.333. The average Bonchev–Trinajstić information content (AvgIpc) is 2.94. The smallest absolute Gasteiger partial charge is 0.129 e. The molecule has 0 saturated heterocycles. The van der Waals surface area contributed by atoms with Gasteiger partial charge in [0.1, 0.15) is 17.8 Å². The molecule has 0 aliphatic heterocycles. The molecule has 1 radical (unpaired) electrons. The highest BCUT2D eigenvalue weighted by Gasteiger charge is 2.22. The lowest BCUT2D eigenvalue weighted by Gasteiger charge is -2.14. The summed E-state index contributed by atoms with van der Waals surface area (Å²) in [6.45, 7) is 0. The van der Waals surface area contributed by atoms with Gasteiger partial charge in [-0.2, -0.15) is 10.5 Å². The van der Waals surface area contributed by atoms with Crippen LogP contribution in [0.2, 0.25) is 0 Å². The van der Waals surface area contributed by atoms with E-state index in [4.69, 9.17) is 11.0 Å². The first-order valence-corrected chi connectivity index (χ1v) is 6.09. The first kappa shape index (κ1) is 12.2. The minimum Gasteiger partial charge on any atom is -0.389 e. The molecule has 0 aromatic heterocycles. The Kier molecular flexibility index (Phi) is 3.65. The SMILES string of the molecule is N#C/C(N)=C(/C#N)c1ccc[c]c1C1CCCC1. The largest absolute Gasteiger partial charge is 0.389 e. The average molecular weight is 236 g/mol. The van der Waals surface area contributed by atoms with Crippen LogP contribution in [0.15, 0.2) is 23.9 Å². The predicted molar refractivity (Wildman–Crippen MR) is 68.8 cm³/mol. The summed E-state index contributed by atoms with van der Waals surface area (Å²) in [5.74, 6) is 0.441. The third-order valence-electron chi connectivity index (χ3n) is 3.42. The van der Waals surface area contributed by atoms with Gasteiger partial charge < -0.3 is 5.73 Å². The summed E-state index contributed by atoms with van der Waals surface area (Å²) in [5, 5.41) is 18.1. The van der Waals surface area contributed by atoms with Gasteiger partial charge in [-0.1, -0.05) is 31.0 Å². The standard InChI is InChI=1S/C15H14N3/c16-9-14(15(18)10-17)13-8-4-3-7-12(13)11-5-1-2-6-11/h3-4,8,11H,1-2,5-6,18H2/b15-14+. The minimum atomic E-state index is -0.0173. The topological polar surface area (TPSA) is 73.6 Å². The molecule has 89 valence electrons. The van der Waals surface area contributed by atoms with Crippen LogP contribution in [0.1, 0.15) is 42.7 Å². The molecule has 0 atom stereocenters. The van der Waals surface area contributed by atoms with Gasteiger partial charge >= 0.3 is 0 Å². The van der Waals surface area contributed by atoms with Crippen molar-refractivity contribution >= 4 is 5.57 Å². The molecule has 1 aliphatic rings. The second-order valence-corrected chi connectivity index (χ2v) is 4.49. The van der Waals surface area contributed by atoms with E-state index < -0.39 is 0 Å². The van der Waals surface area contributed by atoms with Gasteiger partial charge in [0.05, 0.1) is 5.57 Å². The maximum absolute atomic E-state index is 9.20. The van der Waals surface area contributed by atoms with E-state index >= 15 is 0 Å². The monoisotopic (exact) mass is 236 g/mol. The Labute approximate surface area is 107 Å². The van der Waals surface area contributed by atoms with E-state index in [0.29, 0.717) is 5.92 Å². The van der Waals surface area contributed by atoms with E-state index in [0.717, 1.165) is 24.0 Å². The molecule has 1 aromatic rings. The highest BCUT2D eigenvalue weighted by atomic mass is 14.6. The first-order valence-electron chi connectivity index (χ1n) is 6.09. The van der Waals surface area contributed by atoms with Crippen molar-refractivity contribution in [3.63, 3.8) is 0 Å². The number of allylic oxidation sites excluding steroid dienone is 2. The van der Waals surface area contributed by atoms with Gasteiger partial charge in [0, 0.05) is 0 Å². The Morgan fingerprint density at radius 3 is 2.61 bits per heavy atom.